The second-order valence-electron chi connectivity index (χ2n) is 3.75. The van der Waals surface area contributed by atoms with Crippen molar-refractivity contribution in [3.8, 4) is 0 Å². The quantitative estimate of drug-likeness (QED) is 0.665. The lowest BCUT2D eigenvalue weighted by molar-refractivity contribution is 0.0246. The van der Waals surface area contributed by atoms with Crippen LogP contribution in [0.3, 0.4) is 0 Å². The predicted molar refractivity (Wildman–Crippen MR) is 57.8 cm³/mol. The predicted octanol–water partition coefficient (Wildman–Crippen LogP) is 2.57. The molecule has 2 heteroatoms. The molecular formula is C11H25NO. The van der Waals surface area contributed by atoms with E-state index in [1.165, 1.54) is 0 Å². The van der Waals surface area contributed by atoms with Crippen LogP contribution in [0.15, 0.2) is 0 Å². The lowest BCUT2D eigenvalue weighted by atomic mass is 9.93. The van der Waals surface area contributed by atoms with Gasteiger partial charge in [-0.2, -0.15) is 0 Å². The Labute approximate surface area is 82.8 Å². The van der Waals surface area contributed by atoms with Crippen LogP contribution in [0.25, 0.3) is 0 Å². The van der Waals surface area contributed by atoms with Crippen LogP contribution in [-0.2, 0) is 4.74 Å². The first-order chi connectivity index (χ1) is 6.17. The molecule has 13 heavy (non-hydrogen) atoms. The van der Waals surface area contributed by atoms with E-state index in [9.17, 15) is 0 Å². The maximum atomic E-state index is 6.12. The highest BCUT2D eigenvalue weighted by molar-refractivity contribution is 4.77. The van der Waals surface area contributed by atoms with Crippen LogP contribution in [0, 0.1) is 5.92 Å². The van der Waals surface area contributed by atoms with Crippen molar-refractivity contribution < 1.29 is 4.74 Å². The van der Waals surface area contributed by atoms with Gasteiger partial charge in [0.05, 0.1) is 6.10 Å². The van der Waals surface area contributed by atoms with E-state index in [-0.39, 0.29) is 12.1 Å². The maximum Gasteiger partial charge on any atom is 0.0728 e. The van der Waals surface area contributed by atoms with Gasteiger partial charge in [-0.15, -0.1) is 0 Å². The van der Waals surface area contributed by atoms with Crippen LogP contribution >= 0.6 is 0 Å². The first-order valence-corrected chi connectivity index (χ1v) is 5.54. The standard InChI is InChI=1S/C11H25NO/c1-5-8-10(13-7-3)11(12)9(4)6-2/h9-11H,5-8,12H2,1-4H3. The molecule has 3 unspecified atom stereocenters. The zero-order valence-electron chi connectivity index (χ0n) is 9.55. The van der Waals surface area contributed by atoms with E-state index in [2.05, 4.69) is 20.8 Å². The molecular weight excluding hydrogens is 162 g/mol. The van der Waals surface area contributed by atoms with Crippen molar-refractivity contribution in [3.63, 3.8) is 0 Å². The molecule has 0 aliphatic carbocycles. The molecule has 0 fully saturated rings. The minimum absolute atomic E-state index is 0.199. The fraction of sp³-hybridized carbons (Fsp3) is 1.00. The number of nitrogens with two attached hydrogens (primary N) is 1. The van der Waals surface area contributed by atoms with E-state index < -0.39 is 0 Å². The average Bonchev–Trinajstić information content (AvgIpc) is 2.15. The molecule has 0 aromatic carbocycles. The summed E-state index contributed by atoms with van der Waals surface area (Å²) in [5, 5.41) is 0. The van der Waals surface area contributed by atoms with Gasteiger partial charge in [-0.1, -0.05) is 33.6 Å². The molecule has 3 atom stereocenters. The second-order valence-corrected chi connectivity index (χ2v) is 3.75. The molecule has 0 aliphatic rings. The lowest BCUT2D eigenvalue weighted by Gasteiger charge is -2.27. The summed E-state index contributed by atoms with van der Waals surface area (Å²) in [4.78, 5) is 0. The molecule has 2 N–H and O–H groups in total. The molecule has 0 amide bonds. The van der Waals surface area contributed by atoms with Gasteiger partial charge in [0.1, 0.15) is 0 Å². The molecule has 0 rings (SSSR count). The van der Waals surface area contributed by atoms with Gasteiger partial charge >= 0.3 is 0 Å². The van der Waals surface area contributed by atoms with Crippen LogP contribution in [0.4, 0.5) is 0 Å². The van der Waals surface area contributed by atoms with E-state index in [0.717, 1.165) is 25.9 Å². The van der Waals surface area contributed by atoms with Crippen molar-refractivity contribution in [3.05, 3.63) is 0 Å². The van der Waals surface area contributed by atoms with Gasteiger partial charge in [0.2, 0.25) is 0 Å². The Kier molecular flexibility index (Phi) is 7.29. The topological polar surface area (TPSA) is 35.2 Å². The van der Waals surface area contributed by atoms with Gasteiger partial charge in [0.25, 0.3) is 0 Å². The van der Waals surface area contributed by atoms with Crippen LogP contribution in [0.2, 0.25) is 0 Å². The Morgan fingerprint density at radius 2 is 1.85 bits per heavy atom. The smallest absolute Gasteiger partial charge is 0.0728 e. The van der Waals surface area contributed by atoms with Gasteiger partial charge in [0, 0.05) is 12.6 Å². The minimum Gasteiger partial charge on any atom is -0.377 e. The van der Waals surface area contributed by atoms with Gasteiger partial charge < -0.3 is 10.5 Å². The molecule has 0 spiro atoms. The van der Waals surface area contributed by atoms with Gasteiger partial charge in [-0.3, -0.25) is 0 Å². The van der Waals surface area contributed by atoms with Gasteiger partial charge in [0.15, 0.2) is 0 Å². The number of rotatable bonds is 7. The third kappa shape index (κ3) is 4.63. The van der Waals surface area contributed by atoms with Crippen molar-refractivity contribution >= 4 is 0 Å². The van der Waals surface area contributed by atoms with Gasteiger partial charge in [-0.05, 0) is 19.3 Å². The van der Waals surface area contributed by atoms with Crippen LogP contribution < -0.4 is 5.73 Å². The van der Waals surface area contributed by atoms with E-state index in [1.54, 1.807) is 0 Å². The second kappa shape index (κ2) is 7.34. The molecule has 0 radical (unpaired) electrons. The lowest BCUT2D eigenvalue weighted by Crippen LogP contribution is -2.41. The molecule has 0 aliphatic heterocycles. The Morgan fingerprint density at radius 1 is 1.23 bits per heavy atom. The summed E-state index contributed by atoms with van der Waals surface area (Å²) < 4.78 is 5.64. The van der Waals surface area contributed by atoms with Crippen molar-refractivity contribution in [2.75, 3.05) is 6.61 Å². The zero-order chi connectivity index (χ0) is 10.3. The van der Waals surface area contributed by atoms with Crippen molar-refractivity contribution in [2.45, 2.75) is 59.1 Å². The SMILES string of the molecule is CCCC(OCC)C(N)C(C)CC. The monoisotopic (exact) mass is 187 g/mol. The molecule has 0 saturated carbocycles. The van der Waals surface area contributed by atoms with E-state index in [4.69, 9.17) is 10.5 Å². The summed E-state index contributed by atoms with van der Waals surface area (Å²) in [6.45, 7) is 9.36. The Hall–Kier alpha value is -0.0800. The fourth-order valence-electron chi connectivity index (χ4n) is 1.52. The van der Waals surface area contributed by atoms with Crippen molar-refractivity contribution in [2.24, 2.45) is 11.7 Å². The third-order valence-corrected chi connectivity index (χ3v) is 2.68. The highest BCUT2D eigenvalue weighted by Crippen LogP contribution is 2.15. The molecule has 0 aromatic heterocycles. The van der Waals surface area contributed by atoms with E-state index in [1.807, 2.05) is 6.92 Å². The Morgan fingerprint density at radius 3 is 2.23 bits per heavy atom. The molecule has 0 saturated heterocycles. The molecule has 0 heterocycles. The zero-order valence-corrected chi connectivity index (χ0v) is 9.55. The van der Waals surface area contributed by atoms with Crippen molar-refractivity contribution in [1.29, 1.82) is 0 Å². The Balaban J connectivity index is 4.00. The number of ether oxygens (including phenoxy) is 1. The normalized spacial score (nSPS) is 18.2. The average molecular weight is 187 g/mol. The van der Waals surface area contributed by atoms with Crippen molar-refractivity contribution in [1.82, 2.24) is 0 Å². The summed E-state index contributed by atoms with van der Waals surface area (Å²) in [6.07, 6.45) is 3.62. The third-order valence-electron chi connectivity index (χ3n) is 2.68. The summed E-state index contributed by atoms with van der Waals surface area (Å²) in [5.74, 6) is 0.558. The van der Waals surface area contributed by atoms with E-state index in [0.29, 0.717) is 5.92 Å². The van der Waals surface area contributed by atoms with Crippen LogP contribution in [0.1, 0.15) is 47.0 Å². The number of hydrogen-bond donors (Lipinski definition) is 1. The molecule has 80 valence electrons. The molecule has 2 nitrogen and oxygen atoms in total. The first-order valence-electron chi connectivity index (χ1n) is 5.54. The molecule has 0 aromatic rings. The van der Waals surface area contributed by atoms with Crippen LogP contribution in [0.5, 0.6) is 0 Å². The first kappa shape index (κ1) is 12.9. The summed E-state index contributed by atoms with van der Waals surface area (Å²) in [5.41, 5.74) is 6.12. The Bertz CT molecular complexity index is 111. The number of hydrogen-bond acceptors (Lipinski definition) is 2. The summed E-state index contributed by atoms with van der Waals surface area (Å²) in [7, 11) is 0. The van der Waals surface area contributed by atoms with E-state index >= 15 is 0 Å². The minimum atomic E-state index is 0.199. The fourth-order valence-corrected chi connectivity index (χ4v) is 1.52. The van der Waals surface area contributed by atoms with Crippen LogP contribution in [-0.4, -0.2) is 18.8 Å². The van der Waals surface area contributed by atoms with Gasteiger partial charge in [-0.25, -0.2) is 0 Å². The highest BCUT2D eigenvalue weighted by Gasteiger charge is 2.21. The summed E-state index contributed by atoms with van der Waals surface area (Å²) in [6, 6.07) is 0.199. The maximum absolute atomic E-state index is 6.12. The highest BCUT2D eigenvalue weighted by atomic mass is 16.5. The largest absolute Gasteiger partial charge is 0.377 e. The molecule has 0 bridgehead atoms. The summed E-state index contributed by atoms with van der Waals surface area (Å²) >= 11 is 0.